The minimum Gasteiger partial charge on any atom is -0.406 e. The van der Waals surface area contributed by atoms with Gasteiger partial charge in [0, 0.05) is 0 Å². The molecule has 0 saturated carbocycles. The second kappa shape index (κ2) is 6.58. The van der Waals surface area contributed by atoms with Gasteiger partial charge in [0.15, 0.2) is 8.32 Å². The first kappa shape index (κ1) is 17.0. The van der Waals surface area contributed by atoms with Gasteiger partial charge in [-0.05, 0) is 49.2 Å². The fourth-order valence-corrected chi connectivity index (χ4v) is 2.77. The molecule has 0 bridgehead atoms. The van der Waals surface area contributed by atoms with Gasteiger partial charge in [0.25, 0.3) is 0 Å². The molecule has 0 aliphatic heterocycles. The highest BCUT2D eigenvalue weighted by Crippen LogP contribution is 2.39. The van der Waals surface area contributed by atoms with Gasteiger partial charge in [-0.25, -0.2) is 0 Å². The average Bonchev–Trinajstić information content (AvgIpc) is 2.34. The zero-order chi connectivity index (χ0) is 15.4. The van der Waals surface area contributed by atoms with Crippen LogP contribution in [-0.2, 0) is 4.43 Å². The fourth-order valence-electron chi connectivity index (χ4n) is 1.58. The fraction of sp³-hybridized carbons (Fsp3) is 0.500. The van der Waals surface area contributed by atoms with Gasteiger partial charge in [0.2, 0.25) is 0 Å². The molecule has 0 spiro atoms. The Labute approximate surface area is 125 Å². The number of rotatable bonds is 4. The molecule has 1 aromatic carbocycles. The maximum atomic E-state index is 6.55. The Morgan fingerprint density at radius 2 is 1.70 bits per heavy atom. The number of hydrogen-bond acceptors (Lipinski definition) is 1. The van der Waals surface area contributed by atoms with E-state index in [9.17, 15) is 0 Å². The Kier molecular flexibility index (Phi) is 5.58. The van der Waals surface area contributed by atoms with Crippen LogP contribution < -0.4 is 0 Å². The molecule has 1 rings (SSSR count). The van der Waals surface area contributed by atoms with Crippen LogP contribution in [0, 0.1) is 0 Å². The lowest BCUT2D eigenvalue weighted by molar-refractivity contribution is 0.229. The normalized spacial score (nSPS) is 13.6. The van der Waals surface area contributed by atoms with E-state index in [4.69, 9.17) is 4.43 Å². The van der Waals surface area contributed by atoms with Crippen LogP contribution in [0.3, 0.4) is 0 Å². The Bertz CT molecular complexity index is 484. The predicted octanol–water partition coefficient (Wildman–Crippen LogP) is 5.87. The van der Waals surface area contributed by atoms with Crippen molar-refractivity contribution in [2.75, 3.05) is 0 Å². The van der Waals surface area contributed by atoms with Crippen molar-refractivity contribution in [1.82, 2.24) is 0 Å². The molecule has 1 nitrogen and oxygen atoms in total. The van der Waals surface area contributed by atoms with E-state index in [-0.39, 0.29) is 11.1 Å². The molecule has 0 heterocycles. The summed E-state index contributed by atoms with van der Waals surface area (Å²) in [6.07, 6.45) is 2.05. The third kappa shape index (κ3) is 4.79. The van der Waals surface area contributed by atoms with Crippen LogP contribution in [0.1, 0.15) is 46.3 Å². The molecule has 0 amide bonds. The zero-order valence-corrected chi connectivity index (χ0v) is 14.9. The molecule has 110 valence electrons. The van der Waals surface area contributed by atoms with Crippen LogP contribution in [0.5, 0.6) is 0 Å². The standard InChI is InChI=1S/C18H28OSi/c1-15(2)13-14-17(16-11-9-8-10-12-16)19-20(6,7)18(3,4)5/h8-12,14,17H,1-7H3. The van der Waals surface area contributed by atoms with E-state index in [0.717, 1.165) is 0 Å². The zero-order valence-electron chi connectivity index (χ0n) is 13.9. The van der Waals surface area contributed by atoms with Gasteiger partial charge in [0.1, 0.15) is 0 Å². The summed E-state index contributed by atoms with van der Waals surface area (Å²) < 4.78 is 6.55. The van der Waals surface area contributed by atoms with Gasteiger partial charge in [-0.15, -0.1) is 5.73 Å². The van der Waals surface area contributed by atoms with Crippen LogP contribution in [0.2, 0.25) is 18.1 Å². The van der Waals surface area contributed by atoms with Gasteiger partial charge >= 0.3 is 0 Å². The summed E-state index contributed by atoms with van der Waals surface area (Å²) in [5.41, 5.74) is 5.68. The largest absolute Gasteiger partial charge is 0.406 e. The van der Waals surface area contributed by atoms with E-state index >= 15 is 0 Å². The molecule has 0 saturated heterocycles. The first-order valence-corrected chi connectivity index (χ1v) is 10.2. The molecule has 0 aromatic heterocycles. The molecular weight excluding hydrogens is 260 g/mol. The second-order valence-electron chi connectivity index (χ2n) is 7.02. The van der Waals surface area contributed by atoms with Gasteiger partial charge in [0.05, 0.1) is 6.10 Å². The van der Waals surface area contributed by atoms with E-state index in [0.29, 0.717) is 0 Å². The topological polar surface area (TPSA) is 9.23 Å². The minimum atomic E-state index is -1.80. The first-order chi connectivity index (χ1) is 9.13. The van der Waals surface area contributed by atoms with Crippen molar-refractivity contribution in [1.29, 1.82) is 0 Å². The summed E-state index contributed by atoms with van der Waals surface area (Å²) in [5, 5.41) is 0.207. The van der Waals surface area contributed by atoms with Crippen molar-refractivity contribution in [2.24, 2.45) is 0 Å². The van der Waals surface area contributed by atoms with Crippen molar-refractivity contribution in [2.45, 2.75) is 58.9 Å². The van der Waals surface area contributed by atoms with Crippen LogP contribution in [0.15, 0.2) is 47.7 Å². The lowest BCUT2D eigenvalue weighted by atomic mass is 10.1. The van der Waals surface area contributed by atoms with Gasteiger partial charge in [-0.1, -0.05) is 51.1 Å². The van der Waals surface area contributed by atoms with Crippen LogP contribution in [0.25, 0.3) is 0 Å². The van der Waals surface area contributed by atoms with E-state index in [1.54, 1.807) is 0 Å². The Morgan fingerprint density at radius 3 is 2.15 bits per heavy atom. The SMILES string of the molecule is CC(C)=C=CC(O[Si](C)(C)C(C)(C)C)c1ccccc1. The molecule has 2 heteroatoms. The maximum Gasteiger partial charge on any atom is 0.193 e. The molecular formula is C18H28OSi. The van der Waals surface area contributed by atoms with Crippen molar-refractivity contribution < 1.29 is 4.43 Å². The summed E-state index contributed by atoms with van der Waals surface area (Å²) in [7, 11) is -1.80. The van der Waals surface area contributed by atoms with E-state index in [1.807, 2.05) is 6.07 Å². The molecule has 1 aromatic rings. The Balaban J connectivity index is 3.11. The molecule has 1 atom stereocenters. The van der Waals surface area contributed by atoms with Crippen molar-refractivity contribution in [3.8, 4) is 0 Å². The lowest BCUT2D eigenvalue weighted by Crippen LogP contribution is -2.41. The van der Waals surface area contributed by atoms with E-state index < -0.39 is 8.32 Å². The molecule has 0 aliphatic rings. The monoisotopic (exact) mass is 288 g/mol. The van der Waals surface area contributed by atoms with Crippen molar-refractivity contribution in [3.05, 3.63) is 53.3 Å². The van der Waals surface area contributed by atoms with E-state index in [2.05, 4.69) is 83.8 Å². The van der Waals surface area contributed by atoms with E-state index in [1.165, 1.54) is 11.1 Å². The summed E-state index contributed by atoms with van der Waals surface area (Å²) in [6, 6.07) is 10.4. The number of benzene rings is 1. The quantitative estimate of drug-likeness (QED) is 0.497. The van der Waals surface area contributed by atoms with Gasteiger partial charge in [-0.2, -0.15) is 0 Å². The minimum absolute atomic E-state index is 0.00742. The average molecular weight is 289 g/mol. The first-order valence-electron chi connectivity index (χ1n) is 7.26. The Morgan fingerprint density at radius 1 is 1.15 bits per heavy atom. The molecule has 0 aliphatic carbocycles. The predicted molar refractivity (Wildman–Crippen MR) is 90.4 cm³/mol. The summed E-state index contributed by atoms with van der Waals surface area (Å²) in [5.74, 6) is 0. The lowest BCUT2D eigenvalue weighted by Gasteiger charge is -2.38. The summed E-state index contributed by atoms with van der Waals surface area (Å²) in [6.45, 7) is 15.5. The molecule has 0 radical (unpaired) electrons. The van der Waals surface area contributed by atoms with Crippen LogP contribution in [0.4, 0.5) is 0 Å². The Hall–Kier alpha value is -1.08. The highest BCUT2D eigenvalue weighted by molar-refractivity contribution is 6.74. The van der Waals surface area contributed by atoms with Gasteiger partial charge in [-0.3, -0.25) is 0 Å². The van der Waals surface area contributed by atoms with Crippen LogP contribution >= 0.6 is 0 Å². The smallest absolute Gasteiger partial charge is 0.193 e. The molecule has 0 N–H and O–H groups in total. The van der Waals surface area contributed by atoms with Crippen LogP contribution in [-0.4, -0.2) is 8.32 Å². The molecule has 1 unspecified atom stereocenters. The number of hydrogen-bond donors (Lipinski definition) is 0. The maximum absolute atomic E-state index is 6.55. The van der Waals surface area contributed by atoms with Crippen molar-refractivity contribution >= 4 is 8.32 Å². The highest BCUT2D eigenvalue weighted by atomic mass is 28.4. The molecule has 0 fully saturated rings. The summed E-state index contributed by atoms with van der Waals surface area (Å²) in [4.78, 5) is 0. The second-order valence-corrected chi connectivity index (χ2v) is 11.8. The molecule has 20 heavy (non-hydrogen) atoms. The summed E-state index contributed by atoms with van der Waals surface area (Å²) >= 11 is 0. The third-order valence-electron chi connectivity index (χ3n) is 3.88. The van der Waals surface area contributed by atoms with Gasteiger partial charge < -0.3 is 4.43 Å². The third-order valence-corrected chi connectivity index (χ3v) is 8.33. The van der Waals surface area contributed by atoms with Crippen molar-refractivity contribution in [3.63, 3.8) is 0 Å². The highest BCUT2D eigenvalue weighted by Gasteiger charge is 2.39.